The maximum atomic E-state index is 6.80. The van der Waals surface area contributed by atoms with Crippen molar-refractivity contribution in [2.24, 2.45) is 11.8 Å². The van der Waals surface area contributed by atoms with E-state index in [4.69, 9.17) is 32.8 Å². The average Bonchev–Trinajstić information content (AvgIpc) is 3.40. The summed E-state index contributed by atoms with van der Waals surface area (Å²) in [4.78, 5) is 0. The molecule has 3 saturated heterocycles. The van der Waals surface area contributed by atoms with E-state index in [1.165, 1.54) is 19.3 Å². The number of unbranched alkanes of at least 4 members (excludes halogenated alkanes) is 3. The minimum absolute atomic E-state index is 0.00118. The van der Waals surface area contributed by atoms with Crippen molar-refractivity contribution in [3.8, 4) is 0 Å². The third-order valence-electron chi connectivity index (χ3n) is 11.2. The fraction of sp³-hybridized carbons (Fsp3) is 0.854. The Bertz CT molecular complexity index is 973. The van der Waals surface area contributed by atoms with Crippen molar-refractivity contribution in [3.05, 3.63) is 36.5 Å². The van der Waals surface area contributed by atoms with Crippen LogP contribution in [0.2, 0.25) is 18.1 Å². The fourth-order valence-electron chi connectivity index (χ4n) is 7.05. The van der Waals surface area contributed by atoms with Gasteiger partial charge >= 0.3 is 0 Å². The monoisotopic (exact) mass is 705 g/mol. The lowest BCUT2D eigenvalue weighted by Gasteiger charge is -2.36. The molecule has 4 rings (SSSR count). The molecule has 3 aliphatic heterocycles. The van der Waals surface area contributed by atoms with E-state index in [0.29, 0.717) is 0 Å². The number of hydrogen-bond donors (Lipinski definition) is 0. The molecular formula is C41H72O7Si. The van der Waals surface area contributed by atoms with Gasteiger partial charge in [-0.3, -0.25) is 0 Å². The second-order valence-electron chi connectivity index (χ2n) is 16.2. The minimum Gasteiger partial charge on any atom is -0.417 e. The molecule has 4 aliphatic rings. The number of rotatable bonds is 19. The Morgan fingerprint density at radius 1 is 0.735 bits per heavy atom. The van der Waals surface area contributed by atoms with Crippen LogP contribution in [0.15, 0.2) is 36.5 Å². The van der Waals surface area contributed by atoms with E-state index in [9.17, 15) is 0 Å². The fourth-order valence-corrected chi connectivity index (χ4v) is 8.13. The number of allylic oxidation sites excluding steroid dienone is 3. The Morgan fingerprint density at radius 3 is 1.88 bits per heavy atom. The molecule has 0 aromatic rings. The quantitative estimate of drug-likeness (QED) is 0.0574. The molecule has 0 bridgehead atoms. The normalized spacial score (nSPS) is 31.3. The third-order valence-corrected chi connectivity index (χ3v) is 15.7. The first-order valence-electron chi connectivity index (χ1n) is 20.1. The third kappa shape index (κ3) is 14.2. The summed E-state index contributed by atoms with van der Waals surface area (Å²) in [6.45, 7) is 17.0. The predicted octanol–water partition coefficient (Wildman–Crippen LogP) is 10.4. The summed E-state index contributed by atoms with van der Waals surface area (Å²) in [5.74, 6) is 0.301. The van der Waals surface area contributed by atoms with E-state index in [0.717, 1.165) is 110 Å². The molecule has 0 spiro atoms. The molecule has 1 saturated carbocycles. The molecule has 8 heteroatoms. The van der Waals surface area contributed by atoms with Crippen molar-refractivity contribution in [1.82, 2.24) is 0 Å². The maximum Gasteiger partial charge on any atom is 0.191 e. The van der Waals surface area contributed by atoms with E-state index < -0.39 is 8.32 Å². The van der Waals surface area contributed by atoms with Crippen LogP contribution in [0.25, 0.3) is 0 Å². The summed E-state index contributed by atoms with van der Waals surface area (Å²) in [7, 11) is -1.70. The minimum atomic E-state index is -1.70. The van der Waals surface area contributed by atoms with Crippen LogP contribution in [-0.4, -0.2) is 71.9 Å². The average molecular weight is 705 g/mol. The Balaban J connectivity index is 1.48. The van der Waals surface area contributed by atoms with Crippen molar-refractivity contribution >= 4 is 8.32 Å². The van der Waals surface area contributed by atoms with E-state index in [1.807, 2.05) is 0 Å². The standard InChI is InChI=1S/C41H72O7Si/c1-7-8-12-21-33(46-38-23-14-18-28-42-38)26-27-35-34(22-13-10-9-11-17-31-45-49(5,6)41(2,3)4)36(47-39-24-15-19-29-43-39)32-37(35)48-40-25-16-20-30-44-40/h9-10,13,22,26-27,33-40H,7-8,11-12,14-21,23-25,28-32H2,1-6H3/b10-9-,22-13?,27-26+/t33?,34-,35-,36+,37-,38+,39?,40?/m1/s1. The number of hydrogen-bond acceptors (Lipinski definition) is 7. The summed E-state index contributed by atoms with van der Waals surface area (Å²) in [5.41, 5.74) is 0. The van der Waals surface area contributed by atoms with Crippen LogP contribution in [0, 0.1) is 11.8 Å². The zero-order valence-electron chi connectivity index (χ0n) is 32.1. The van der Waals surface area contributed by atoms with Gasteiger partial charge in [-0.25, -0.2) is 0 Å². The first-order chi connectivity index (χ1) is 23.7. The molecule has 282 valence electrons. The summed E-state index contributed by atoms with van der Waals surface area (Å²) >= 11 is 0. The van der Waals surface area contributed by atoms with Crippen molar-refractivity contribution in [2.75, 3.05) is 26.4 Å². The topological polar surface area (TPSA) is 64.6 Å². The first kappa shape index (κ1) is 40.9. The lowest BCUT2D eigenvalue weighted by atomic mass is 9.91. The highest BCUT2D eigenvalue weighted by molar-refractivity contribution is 6.74. The van der Waals surface area contributed by atoms with Crippen LogP contribution in [0.1, 0.15) is 130 Å². The maximum absolute atomic E-state index is 6.80. The van der Waals surface area contributed by atoms with Crippen LogP contribution in [0.3, 0.4) is 0 Å². The second kappa shape index (κ2) is 21.6. The van der Waals surface area contributed by atoms with Crippen LogP contribution in [0.5, 0.6) is 0 Å². The second-order valence-corrected chi connectivity index (χ2v) is 21.1. The van der Waals surface area contributed by atoms with Crippen molar-refractivity contribution in [1.29, 1.82) is 0 Å². The Hall–Kier alpha value is -0.843. The number of ether oxygens (including phenoxy) is 6. The van der Waals surface area contributed by atoms with Gasteiger partial charge in [0.05, 0.1) is 18.3 Å². The molecular weight excluding hydrogens is 633 g/mol. The van der Waals surface area contributed by atoms with Crippen molar-refractivity contribution < 1.29 is 32.8 Å². The molecule has 4 fully saturated rings. The molecule has 0 aromatic carbocycles. The van der Waals surface area contributed by atoms with Crippen LogP contribution >= 0.6 is 0 Å². The van der Waals surface area contributed by atoms with Crippen LogP contribution < -0.4 is 0 Å². The van der Waals surface area contributed by atoms with E-state index in [2.05, 4.69) is 77.2 Å². The van der Waals surface area contributed by atoms with Gasteiger partial charge in [0.2, 0.25) is 0 Å². The van der Waals surface area contributed by atoms with Gasteiger partial charge < -0.3 is 32.8 Å². The Kier molecular flexibility index (Phi) is 18.1. The predicted molar refractivity (Wildman–Crippen MR) is 201 cm³/mol. The summed E-state index contributed by atoms with van der Waals surface area (Å²) in [6, 6.07) is 0. The smallest absolute Gasteiger partial charge is 0.191 e. The molecule has 3 unspecified atom stereocenters. The van der Waals surface area contributed by atoms with Gasteiger partial charge in [0.15, 0.2) is 27.2 Å². The van der Waals surface area contributed by atoms with Gasteiger partial charge in [0.1, 0.15) is 0 Å². The van der Waals surface area contributed by atoms with Gasteiger partial charge in [0.25, 0.3) is 0 Å². The zero-order valence-corrected chi connectivity index (χ0v) is 33.1. The highest BCUT2D eigenvalue weighted by Gasteiger charge is 2.44. The van der Waals surface area contributed by atoms with Crippen LogP contribution in [-0.2, 0) is 32.8 Å². The van der Waals surface area contributed by atoms with Gasteiger partial charge in [-0.05, 0) is 95.2 Å². The zero-order chi connectivity index (χ0) is 35.0. The molecule has 3 heterocycles. The van der Waals surface area contributed by atoms with Gasteiger partial charge in [-0.15, -0.1) is 0 Å². The summed E-state index contributed by atoms with van der Waals surface area (Å²) < 4.78 is 44.7. The molecule has 49 heavy (non-hydrogen) atoms. The molecule has 7 nitrogen and oxygen atoms in total. The van der Waals surface area contributed by atoms with Gasteiger partial charge in [0, 0.05) is 44.7 Å². The highest BCUT2D eigenvalue weighted by atomic mass is 28.4. The van der Waals surface area contributed by atoms with Gasteiger partial charge in [-0.1, -0.05) is 83.4 Å². The Labute approximate surface area is 301 Å². The molecule has 1 aliphatic carbocycles. The lowest BCUT2D eigenvalue weighted by Crippen LogP contribution is -2.40. The van der Waals surface area contributed by atoms with Gasteiger partial charge in [-0.2, -0.15) is 0 Å². The molecule has 8 atom stereocenters. The summed E-state index contributed by atoms with van der Waals surface area (Å²) in [5, 5.41) is 0.245. The molecule has 0 amide bonds. The van der Waals surface area contributed by atoms with E-state index in [1.54, 1.807) is 0 Å². The van der Waals surface area contributed by atoms with E-state index >= 15 is 0 Å². The molecule has 0 aromatic heterocycles. The van der Waals surface area contributed by atoms with Crippen molar-refractivity contribution in [3.63, 3.8) is 0 Å². The van der Waals surface area contributed by atoms with E-state index in [-0.39, 0.29) is 54.1 Å². The molecule has 0 radical (unpaired) electrons. The Morgan fingerprint density at radius 2 is 1.33 bits per heavy atom. The van der Waals surface area contributed by atoms with Crippen molar-refractivity contribution in [2.45, 2.75) is 186 Å². The highest BCUT2D eigenvalue weighted by Crippen LogP contribution is 2.41. The lowest BCUT2D eigenvalue weighted by molar-refractivity contribution is -0.203. The summed E-state index contributed by atoms with van der Waals surface area (Å²) in [6.07, 6.45) is 30.5. The largest absolute Gasteiger partial charge is 0.417 e. The molecule has 0 N–H and O–H groups in total. The SMILES string of the molecule is CCCCCC(/C=C/[C@@H]1[C@@H](C=C/C=C\CCCO[Si](C)(C)C(C)(C)C)[C@@H](OC2CCCCO2)C[C@H]1OC1CCCCO1)O[C@H]1CCCCO1. The van der Waals surface area contributed by atoms with Crippen LogP contribution in [0.4, 0.5) is 0 Å². The first-order valence-corrected chi connectivity index (χ1v) is 23.0.